The molecule has 188 valence electrons. The maximum Gasteiger partial charge on any atom is 0.297 e. The first-order valence-electron chi connectivity index (χ1n) is 13.3. The third-order valence-corrected chi connectivity index (χ3v) is 7.30. The van der Waals surface area contributed by atoms with Crippen LogP contribution in [-0.4, -0.2) is 53.2 Å². The Kier molecular flexibility index (Phi) is 7.82. The van der Waals surface area contributed by atoms with Crippen molar-refractivity contribution in [1.82, 2.24) is 14.5 Å². The topological polar surface area (TPSA) is 53.4 Å². The normalized spacial score (nSPS) is 17.8. The number of anilines is 2. The second kappa shape index (κ2) is 11.6. The van der Waals surface area contributed by atoms with E-state index < -0.39 is 0 Å². The Morgan fingerprint density at radius 1 is 0.944 bits per heavy atom. The summed E-state index contributed by atoms with van der Waals surface area (Å²) in [6, 6.07) is 19.1. The van der Waals surface area contributed by atoms with Gasteiger partial charge in [-0.15, -0.1) is 0 Å². The van der Waals surface area contributed by atoms with E-state index in [4.69, 9.17) is 0 Å². The number of hydrogen-bond donors (Lipinski definition) is 1. The van der Waals surface area contributed by atoms with Crippen LogP contribution in [0.25, 0.3) is 11.8 Å². The summed E-state index contributed by atoms with van der Waals surface area (Å²) in [4.78, 5) is 22.5. The second-order valence-electron chi connectivity index (χ2n) is 10.1. The highest BCUT2D eigenvalue weighted by Crippen LogP contribution is 2.21. The third kappa shape index (κ3) is 6.05. The van der Waals surface area contributed by atoms with Crippen molar-refractivity contribution < 1.29 is 0 Å². The first kappa shape index (κ1) is 24.3. The van der Waals surface area contributed by atoms with Crippen LogP contribution >= 0.6 is 0 Å². The molecule has 1 N–H and O–H groups in total. The zero-order valence-electron chi connectivity index (χ0n) is 21.3. The van der Waals surface area contributed by atoms with E-state index in [2.05, 4.69) is 69.5 Å². The summed E-state index contributed by atoms with van der Waals surface area (Å²) in [6.07, 6.45) is 11.6. The van der Waals surface area contributed by atoms with Crippen molar-refractivity contribution in [2.75, 3.05) is 42.9 Å². The number of aromatic nitrogens is 2. The minimum absolute atomic E-state index is 0.0905. The zero-order valence-corrected chi connectivity index (χ0v) is 21.3. The molecule has 3 aromatic rings. The predicted molar refractivity (Wildman–Crippen MR) is 149 cm³/mol. The fraction of sp³-hybridized carbons (Fsp3) is 0.400. The molecule has 1 aromatic heterocycles. The maximum absolute atomic E-state index is 13.2. The predicted octanol–water partition coefficient (Wildman–Crippen LogP) is 5.20. The molecule has 2 aliphatic rings. The first-order valence-corrected chi connectivity index (χ1v) is 13.3. The lowest BCUT2D eigenvalue weighted by Gasteiger charge is -2.32. The maximum atomic E-state index is 13.2. The van der Waals surface area contributed by atoms with E-state index in [9.17, 15) is 4.79 Å². The molecule has 0 atom stereocenters. The van der Waals surface area contributed by atoms with Gasteiger partial charge in [-0.25, -0.2) is 4.98 Å². The average molecular weight is 484 g/mol. The number of rotatable bonds is 7. The molecule has 0 unspecified atom stereocenters. The number of piperidine rings is 2. The van der Waals surface area contributed by atoms with Gasteiger partial charge in [0.25, 0.3) is 5.56 Å². The van der Waals surface area contributed by atoms with E-state index in [1.165, 1.54) is 36.1 Å². The van der Waals surface area contributed by atoms with E-state index in [1.807, 2.05) is 18.2 Å². The van der Waals surface area contributed by atoms with Gasteiger partial charge in [0, 0.05) is 62.5 Å². The van der Waals surface area contributed by atoms with Crippen molar-refractivity contribution >= 4 is 17.6 Å². The van der Waals surface area contributed by atoms with Crippen molar-refractivity contribution in [1.29, 1.82) is 0 Å². The van der Waals surface area contributed by atoms with Gasteiger partial charge in [-0.1, -0.05) is 42.0 Å². The highest BCUT2D eigenvalue weighted by Gasteiger charge is 2.21. The van der Waals surface area contributed by atoms with Gasteiger partial charge in [0.2, 0.25) is 0 Å². The zero-order chi connectivity index (χ0) is 24.7. The SMILES string of the molecule is CC(=Cc1ccccc1)CN1CCC(Nc2nccn(-c3ccc(N4CCCCC4)cc3)c2=O)CC1. The van der Waals surface area contributed by atoms with Gasteiger partial charge in [0.15, 0.2) is 5.82 Å². The van der Waals surface area contributed by atoms with Gasteiger partial charge in [0.05, 0.1) is 0 Å². The quantitative estimate of drug-likeness (QED) is 0.500. The Morgan fingerprint density at radius 2 is 1.64 bits per heavy atom. The van der Waals surface area contributed by atoms with Crippen LogP contribution in [0.5, 0.6) is 0 Å². The van der Waals surface area contributed by atoms with Crippen molar-refractivity contribution in [3.8, 4) is 5.69 Å². The Morgan fingerprint density at radius 3 is 2.36 bits per heavy atom. The van der Waals surface area contributed by atoms with Crippen molar-refractivity contribution in [3.63, 3.8) is 0 Å². The monoisotopic (exact) mass is 483 g/mol. The lowest BCUT2D eigenvalue weighted by molar-refractivity contribution is 0.236. The second-order valence-corrected chi connectivity index (χ2v) is 10.1. The van der Waals surface area contributed by atoms with Gasteiger partial charge in [0.1, 0.15) is 0 Å². The molecule has 0 spiro atoms. The largest absolute Gasteiger partial charge is 0.372 e. The summed E-state index contributed by atoms with van der Waals surface area (Å²) < 4.78 is 1.70. The van der Waals surface area contributed by atoms with Crippen LogP contribution < -0.4 is 15.8 Å². The fourth-order valence-corrected chi connectivity index (χ4v) is 5.35. The van der Waals surface area contributed by atoms with Crippen LogP contribution in [0.1, 0.15) is 44.6 Å². The summed E-state index contributed by atoms with van der Waals surface area (Å²) in [5.41, 5.74) is 4.64. The lowest BCUT2D eigenvalue weighted by atomic mass is 10.0. The van der Waals surface area contributed by atoms with Crippen LogP contribution in [0.4, 0.5) is 11.5 Å². The minimum atomic E-state index is -0.0905. The molecule has 2 fully saturated rings. The lowest BCUT2D eigenvalue weighted by Crippen LogP contribution is -2.41. The number of hydrogen-bond acceptors (Lipinski definition) is 5. The summed E-state index contributed by atoms with van der Waals surface area (Å²) in [5, 5.41) is 3.44. The van der Waals surface area contributed by atoms with E-state index in [0.29, 0.717) is 5.82 Å². The van der Waals surface area contributed by atoms with E-state index >= 15 is 0 Å². The molecular weight excluding hydrogens is 446 g/mol. The molecule has 2 aliphatic heterocycles. The standard InChI is InChI=1S/C30H37N5O/c1-24(22-25-8-4-2-5-9-25)23-33-19-14-26(15-20-33)32-29-30(36)35(21-16-31-29)28-12-10-27(11-13-28)34-17-6-3-7-18-34/h2,4-5,8-13,16,21-22,26H,3,6-7,14-15,17-20,23H2,1H3,(H,31,32). The number of nitrogens with one attached hydrogen (secondary N) is 1. The average Bonchev–Trinajstić information content (AvgIpc) is 2.92. The van der Waals surface area contributed by atoms with E-state index in [0.717, 1.165) is 51.3 Å². The minimum Gasteiger partial charge on any atom is -0.372 e. The van der Waals surface area contributed by atoms with Crippen LogP contribution in [-0.2, 0) is 0 Å². The van der Waals surface area contributed by atoms with Crippen LogP contribution in [0.15, 0.2) is 77.4 Å². The summed E-state index contributed by atoms with van der Waals surface area (Å²) in [6.45, 7) is 7.43. The molecule has 0 aliphatic carbocycles. The molecule has 2 aromatic carbocycles. The molecule has 5 rings (SSSR count). The summed E-state index contributed by atoms with van der Waals surface area (Å²) in [7, 11) is 0. The van der Waals surface area contributed by atoms with Gasteiger partial charge in [-0.2, -0.15) is 0 Å². The van der Waals surface area contributed by atoms with Gasteiger partial charge < -0.3 is 10.2 Å². The molecule has 0 amide bonds. The van der Waals surface area contributed by atoms with Crippen molar-refractivity contribution in [2.45, 2.75) is 45.1 Å². The number of nitrogens with zero attached hydrogens (tertiary/aromatic N) is 4. The number of likely N-dealkylation sites (tertiary alicyclic amines) is 1. The number of benzene rings is 2. The molecule has 0 bridgehead atoms. The van der Waals surface area contributed by atoms with Crippen LogP contribution in [0.2, 0.25) is 0 Å². The highest BCUT2D eigenvalue weighted by atomic mass is 16.1. The van der Waals surface area contributed by atoms with Gasteiger partial charge >= 0.3 is 0 Å². The van der Waals surface area contributed by atoms with E-state index in [-0.39, 0.29) is 11.6 Å². The summed E-state index contributed by atoms with van der Waals surface area (Å²) in [5.74, 6) is 0.441. The van der Waals surface area contributed by atoms with Crippen LogP contribution in [0, 0.1) is 0 Å². The Balaban J connectivity index is 1.18. The molecule has 3 heterocycles. The molecule has 6 nitrogen and oxygen atoms in total. The van der Waals surface area contributed by atoms with Gasteiger partial charge in [-0.05, 0) is 68.9 Å². The molecule has 2 saturated heterocycles. The van der Waals surface area contributed by atoms with Crippen molar-refractivity contribution in [3.05, 3.63) is 88.5 Å². The third-order valence-electron chi connectivity index (χ3n) is 7.30. The molecule has 0 saturated carbocycles. The van der Waals surface area contributed by atoms with Crippen molar-refractivity contribution in [2.24, 2.45) is 0 Å². The molecular formula is C30H37N5O. The van der Waals surface area contributed by atoms with E-state index in [1.54, 1.807) is 17.0 Å². The smallest absolute Gasteiger partial charge is 0.297 e. The molecule has 6 heteroatoms. The Labute approximate surface area is 214 Å². The highest BCUT2D eigenvalue weighted by molar-refractivity contribution is 5.53. The fourth-order valence-electron chi connectivity index (χ4n) is 5.35. The van der Waals surface area contributed by atoms with Gasteiger partial charge in [-0.3, -0.25) is 14.3 Å². The Hall–Kier alpha value is -3.38. The van der Waals surface area contributed by atoms with Crippen LogP contribution in [0.3, 0.4) is 0 Å². The first-order chi connectivity index (χ1) is 17.7. The molecule has 0 radical (unpaired) electrons. The molecule has 36 heavy (non-hydrogen) atoms. The summed E-state index contributed by atoms with van der Waals surface area (Å²) >= 11 is 0. The Bertz CT molecular complexity index is 1200.